The maximum atomic E-state index is 10.6. The van der Waals surface area contributed by atoms with Gasteiger partial charge in [-0.15, -0.1) is 0 Å². The number of anilines is 1. The molecule has 1 aliphatic heterocycles. The summed E-state index contributed by atoms with van der Waals surface area (Å²) < 4.78 is 5.25. The van der Waals surface area contributed by atoms with Gasteiger partial charge >= 0.3 is 0 Å². The van der Waals surface area contributed by atoms with E-state index in [1.165, 1.54) is 11.9 Å². The lowest BCUT2D eigenvalue weighted by Gasteiger charge is -2.35. The van der Waals surface area contributed by atoms with Gasteiger partial charge in [-0.25, -0.2) is 4.98 Å². The molecule has 0 radical (unpaired) electrons. The summed E-state index contributed by atoms with van der Waals surface area (Å²) in [6.45, 7) is 3.67. The Balaban J connectivity index is 1.37. The largest absolute Gasteiger partial charge is 0.393 e. The molecule has 1 unspecified atom stereocenters. The van der Waals surface area contributed by atoms with E-state index in [1.807, 2.05) is 13.0 Å². The topological polar surface area (TPSA) is 75.3 Å². The highest BCUT2D eigenvalue weighted by atomic mass is 16.5. The number of aliphatic hydroxyl groups excluding tert-OH is 1. The third kappa shape index (κ3) is 3.42. The number of aliphatic hydroxyl groups is 1. The predicted molar refractivity (Wildman–Crippen MR) is 100 cm³/mol. The van der Waals surface area contributed by atoms with E-state index in [1.54, 1.807) is 0 Å². The second-order valence-electron chi connectivity index (χ2n) is 7.06. The lowest BCUT2D eigenvalue weighted by molar-refractivity contribution is 0.0850. The third-order valence-corrected chi connectivity index (χ3v) is 5.38. The number of aryl methyl sites for hydroxylation is 2. The minimum absolute atomic E-state index is 0.250. The molecule has 3 aromatic rings. The number of piperidine rings is 1. The third-order valence-electron chi connectivity index (χ3n) is 5.38. The van der Waals surface area contributed by atoms with Crippen molar-refractivity contribution in [2.24, 2.45) is 5.92 Å². The van der Waals surface area contributed by atoms with Crippen LogP contribution in [0.25, 0.3) is 11.1 Å². The smallest absolute Gasteiger partial charge is 0.263 e. The summed E-state index contributed by atoms with van der Waals surface area (Å²) in [7, 11) is 0. The number of fused-ring (bicyclic) bond motifs is 1. The van der Waals surface area contributed by atoms with E-state index in [9.17, 15) is 5.11 Å². The molecule has 0 aliphatic carbocycles. The van der Waals surface area contributed by atoms with Crippen LogP contribution in [-0.4, -0.2) is 39.4 Å². The van der Waals surface area contributed by atoms with Crippen LogP contribution in [0.5, 0.6) is 0 Å². The molecule has 1 aromatic carbocycles. The maximum absolute atomic E-state index is 10.6. The minimum Gasteiger partial charge on any atom is -0.393 e. The molecular weight excluding hydrogens is 328 g/mol. The lowest BCUT2D eigenvalue weighted by Crippen LogP contribution is -2.38. The minimum atomic E-state index is -0.250. The molecule has 26 heavy (non-hydrogen) atoms. The molecule has 6 heteroatoms. The van der Waals surface area contributed by atoms with Crippen molar-refractivity contribution < 1.29 is 9.63 Å². The first-order valence-corrected chi connectivity index (χ1v) is 9.26. The van der Waals surface area contributed by atoms with Crippen LogP contribution in [0.15, 0.2) is 41.2 Å². The fourth-order valence-corrected chi connectivity index (χ4v) is 3.83. The van der Waals surface area contributed by atoms with Gasteiger partial charge < -0.3 is 14.5 Å². The summed E-state index contributed by atoms with van der Waals surface area (Å²) in [5, 5.41) is 15.5. The highest BCUT2D eigenvalue weighted by Crippen LogP contribution is 2.31. The van der Waals surface area contributed by atoms with E-state index in [0.29, 0.717) is 11.6 Å². The van der Waals surface area contributed by atoms with Gasteiger partial charge in [0.1, 0.15) is 17.5 Å². The first kappa shape index (κ1) is 17.0. The van der Waals surface area contributed by atoms with E-state index in [0.717, 1.165) is 55.7 Å². The Hall–Kier alpha value is -2.47. The first-order valence-electron chi connectivity index (χ1n) is 9.26. The molecule has 1 saturated heterocycles. The van der Waals surface area contributed by atoms with Gasteiger partial charge in [0.2, 0.25) is 0 Å². The second-order valence-corrected chi connectivity index (χ2v) is 7.06. The van der Waals surface area contributed by atoms with Crippen LogP contribution in [-0.2, 0) is 6.42 Å². The molecular formula is C20H24N4O2. The van der Waals surface area contributed by atoms with Crippen LogP contribution in [0, 0.1) is 12.8 Å². The SMILES string of the molecule is Cc1noc2ncnc(N3CCC(C(O)CCc4ccccc4)CC3)c12. The van der Waals surface area contributed by atoms with Crippen molar-refractivity contribution in [3.8, 4) is 0 Å². The van der Waals surface area contributed by atoms with E-state index in [4.69, 9.17) is 4.52 Å². The van der Waals surface area contributed by atoms with Crippen molar-refractivity contribution in [3.63, 3.8) is 0 Å². The molecule has 1 aliphatic rings. The average molecular weight is 352 g/mol. The Labute approximate surface area is 152 Å². The predicted octanol–water partition coefficient (Wildman–Crippen LogP) is 3.14. The highest BCUT2D eigenvalue weighted by molar-refractivity contribution is 5.87. The number of rotatable bonds is 5. The standard InChI is InChI=1S/C20H24N4O2/c1-14-18-19(21-13-22-20(18)26-23-14)24-11-9-16(10-12-24)17(25)8-7-15-5-3-2-4-6-15/h2-6,13,16-17,25H,7-12H2,1H3. The zero-order valence-corrected chi connectivity index (χ0v) is 15.0. The quantitative estimate of drug-likeness (QED) is 0.760. The van der Waals surface area contributed by atoms with E-state index in [2.05, 4.69) is 44.3 Å². The van der Waals surface area contributed by atoms with E-state index >= 15 is 0 Å². The molecule has 0 bridgehead atoms. The average Bonchev–Trinajstić information content (AvgIpc) is 3.08. The summed E-state index contributed by atoms with van der Waals surface area (Å²) in [5.41, 5.74) is 2.65. The van der Waals surface area contributed by atoms with Crippen LogP contribution in [0.3, 0.4) is 0 Å². The fourth-order valence-electron chi connectivity index (χ4n) is 3.83. The van der Waals surface area contributed by atoms with E-state index in [-0.39, 0.29) is 6.10 Å². The van der Waals surface area contributed by atoms with Gasteiger partial charge in [0.05, 0.1) is 11.8 Å². The molecule has 4 rings (SSSR count). The van der Waals surface area contributed by atoms with Gasteiger partial charge in [0.25, 0.3) is 5.71 Å². The van der Waals surface area contributed by atoms with Crippen LogP contribution < -0.4 is 4.90 Å². The number of benzene rings is 1. The molecule has 6 nitrogen and oxygen atoms in total. The molecule has 0 saturated carbocycles. The summed E-state index contributed by atoms with van der Waals surface area (Å²) in [6.07, 6.45) is 4.95. The van der Waals surface area contributed by atoms with Crippen molar-refractivity contribution >= 4 is 16.9 Å². The molecule has 1 atom stereocenters. The van der Waals surface area contributed by atoms with Gasteiger partial charge in [0.15, 0.2) is 0 Å². The Morgan fingerprint density at radius 1 is 1.19 bits per heavy atom. The zero-order valence-electron chi connectivity index (χ0n) is 15.0. The Morgan fingerprint density at radius 2 is 1.96 bits per heavy atom. The van der Waals surface area contributed by atoms with Gasteiger partial charge in [-0.1, -0.05) is 35.5 Å². The van der Waals surface area contributed by atoms with E-state index < -0.39 is 0 Å². The summed E-state index contributed by atoms with van der Waals surface area (Å²) in [5.74, 6) is 1.24. The van der Waals surface area contributed by atoms with Crippen LogP contribution >= 0.6 is 0 Å². The molecule has 136 valence electrons. The van der Waals surface area contributed by atoms with Gasteiger partial charge in [-0.2, -0.15) is 4.98 Å². The van der Waals surface area contributed by atoms with Crippen LogP contribution in [0.2, 0.25) is 0 Å². The van der Waals surface area contributed by atoms with Gasteiger partial charge in [-0.05, 0) is 44.1 Å². The molecule has 1 N–H and O–H groups in total. The van der Waals surface area contributed by atoms with Gasteiger partial charge in [0, 0.05) is 13.1 Å². The normalized spacial score (nSPS) is 16.9. The lowest BCUT2D eigenvalue weighted by atomic mass is 9.88. The Morgan fingerprint density at radius 3 is 2.73 bits per heavy atom. The van der Waals surface area contributed by atoms with Crippen LogP contribution in [0.4, 0.5) is 5.82 Å². The fraction of sp³-hybridized carbons (Fsp3) is 0.450. The number of hydrogen-bond donors (Lipinski definition) is 1. The molecule has 2 aromatic heterocycles. The number of hydrogen-bond acceptors (Lipinski definition) is 6. The maximum Gasteiger partial charge on any atom is 0.263 e. The molecule has 0 spiro atoms. The van der Waals surface area contributed by atoms with Gasteiger partial charge in [-0.3, -0.25) is 0 Å². The molecule has 1 fully saturated rings. The van der Waals surface area contributed by atoms with Crippen molar-refractivity contribution in [3.05, 3.63) is 47.9 Å². The van der Waals surface area contributed by atoms with Crippen LogP contribution in [0.1, 0.15) is 30.5 Å². The Kier molecular flexibility index (Phi) is 4.84. The number of nitrogens with zero attached hydrogens (tertiary/aromatic N) is 4. The molecule has 3 heterocycles. The molecule has 0 amide bonds. The summed E-state index contributed by atoms with van der Waals surface area (Å²) >= 11 is 0. The van der Waals surface area contributed by atoms with Crippen molar-refractivity contribution in [2.75, 3.05) is 18.0 Å². The zero-order chi connectivity index (χ0) is 17.9. The summed E-state index contributed by atoms with van der Waals surface area (Å²) in [6, 6.07) is 10.4. The summed E-state index contributed by atoms with van der Waals surface area (Å²) in [4.78, 5) is 10.9. The number of aromatic nitrogens is 3. The highest BCUT2D eigenvalue weighted by Gasteiger charge is 2.27. The van der Waals surface area contributed by atoms with Crippen molar-refractivity contribution in [2.45, 2.75) is 38.7 Å². The van der Waals surface area contributed by atoms with Crippen molar-refractivity contribution in [1.29, 1.82) is 0 Å². The second kappa shape index (κ2) is 7.41. The monoisotopic (exact) mass is 352 g/mol. The van der Waals surface area contributed by atoms with Crippen molar-refractivity contribution in [1.82, 2.24) is 15.1 Å². The first-order chi connectivity index (χ1) is 12.7. The Bertz CT molecular complexity index is 857.